The van der Waals surface area contributed by atoms with Crippen LogP contribution in [0.4, 0.5) is 0 Å². The van der Waals surface area contributed by atoms with Crippen LogP contribution in [-0.2, 0) is 11.3 Å². The van der Waals surface area contributed by atoms with Crippen molar-refractivity contribution in [2.75, 3.05) is 19.6 Å². The Balaban J connectivity index is 1.31. The molecule has 3 aromatic rings. The van der Waals surface area contributed by atoms with Crippen LogP contribution in [0.25, 0.3) is 10.2 Å². The third kappa shape index (κ3) is 4.15. The molecule has 1 saturated heterocycles. The number of aromatic nitrogens is 1. The number of hydrogen-bond acceptors (Lipinski definition) is 3. The van der Waals surface area contributed by atoms with Crippen molar-refractivity contribution in [3.05, 3.63) is 59.1 Å². The quantitative estimate of drug-likeness (QED) is 0.635. The number of nitrogens with zero attached hydrogens (tertiary/aromatic N) is 2. The number of benzene rings is 1. The Morgan fingerprint density at radius 3 is 2.60 bits per heavy atom. The van der Waals surface area contributed by atoms with Crippen molar-refractivity contribution in [2.24, 2.45) is 5.92 Å². The number of piperidine rings is 1. The van der Waals surface area contributed by atoms with Crippen LogP contribution in [0.15, 0.2) is 47.8 Å². The molecule has 1 atom stereocenters. The number of likely N-dealkylation sites (tertiary alicyclic amines) is 1. The summed E-state index contributed by atoms with van der Waals surface area (Å²) in [6.45, 7) is 6.88. The van der Waals surface area contributed by atoms with Crippen LogP contribution in [0.2, 0.25) is 0 Å². The number of thiophene rings is 1. The van der Waals surface area contributed by atoms with Gasteiger partial charge in [0.1, 0.15) is 5.69 Å². The summed E-state index contributed by atoms with van der Waals surface area (Å²) in [5, 5.41) is 5.18. The fourth-order valence-electron chi connectivity index (χ4n) is 4.30. The number of carbonyl (C=O) groups excluding carboxylic acids is 2. The molecule has 0 radical (unpaired) electrons. The summed E-state index contributed by atoms with van der Waals surface area (Å²) in [4.78, 5) is 27.7. The zero-order valence-corrected chi connectivity index (χ0v) is 18.5. The van der Waals surface area contributed by atoms with Crippen molar-refractivity contribution in [3.63, 3.8) is 0 Å². The number of amides is 2. The number of fused-ring (bicyclic) bond motifs is 1. The Bertz CT molecular complexity index is 1020. The summed E-state index contributed by atoms with van der Waals surface area (Å²) < 4.78 is 3.25. The smallest absolute Gasteiger partial charge is 0.270 e. The first-order valence-electron chi connectivity index (χ1n) is 10.8. The van der Waals surface area contributed by atoms with Crippen molar-refractivity contribution in [1.29, 1.82) is 0 Å². The summed E-state index contributed by atoms with van der Waals surface area (Å²) in [6, 6.07) is 14.3. The van der Waals surface area contributed by atoms with E-state index in [0.29, 0.717) is 19.6 Å². The van der Waals surface area contributed by atoms with E-state index < -0.39 is 0 Å². The second-order valence-electron chi connectivity index (χ2n) is 8.07. The maximum Gasteiger partial charge on any atom is 0.270 e. The Labute approximate surface area is 181 Å². The molecule has 30 heavy (non-hydrogen) atoms. The molecule has 0 bridgehead atoms. The molecule has 0 spiro atoms. The molecule has 0 saturated carbocycles. The summed E-state index contributed by atoms with van der Waals surface area (Å²) in [6.07, 6.45) is 1.44. The third-order valence-corrected chi connectivity index (χ3v) is 7.02. The van der Waals surface area contributed by atoms with E-state index in [4.69, 9.17) is 0 Å². The lowest BCUT2D eigenvalue weighted by atomic mass is 9.95. The van der Waals surface area contributed by atoms with E-state index in [1.54, 1.807) is 11.3 Å². The Kier molecular flexibility index (Phi) is 6.23. The van der Waals surface area contributed by atoms with Gasteiger partial charge in [0.15, 0.2) is 0 Å². The van der Waals surface area contributed by atoms with Crippen molar-refractivity contribution in [2.45, 2.75) is 39.2 Å². The zero-order valence-electron chi connectivity index (χ0n) is 17.6. The number of nitrogens with one attached hydrogen (secondary N) is 1. The minimum absolute atomic E-state index is 0.0153. The SMILES string of the molecule is CCn1c(C(=O)N2CCC(C(=O)NC[C@H](C)c3ccccc3)CC2)cc2sccc21. The molecular weight excluding hydrogens is 394 g/mol. The Morgan fingerprint density at radius 1 is 1.17 bits per heavy atom. The van der Waals surface area contributed by atoms with Gasteiger partial charge in [0.25, 0.3) is 5.91 Å². The van der Waals surface area contributed by atoms with E-state index in [2.05, 4.69) is 47.3 Å². The standard InChI is InChI=1S/C24H29N3O2S/c1-3-27-20-11-14-30-22(20)15-21(27)24(29)26-12-9-19(10-13-26)23(28)25-16-17(2)18-7-5-4-6-8-18/h4-8,11,14-15,17,19H,3,9-10,12-13,16H2,1-2H3,(H,25,28)/t17-/m0/s1. The molecule has 1 aliphatic rings. The highest BCUT2D eigenvalue weighted by Gasteiger charge is 2.29. The van der Waals surface area contributed by atoms with Gasteiger partial charge in [-0.25, -0.2) is 0 Å². The van der Waals surface area contributed by atoms with Crippen LogP contribution in [0.1, 0.15) is 48.7 Å². The molecule has 0 unspecified atom stereocenters. The third-order valence-electron chi connectivity index (χ3n) is 6.16. The predicted octanol–water partition coefficient (Wildman–Crippen LogP) is 4.49. The second-order valence-corrected chi connectivity index (χ2v) is 9.01. The van der Waals surface area contributed by atoms with Crippen molar-refractivity contribution in [1.82, 2.24) is 14.8 Å². The number of rotatable bonds is 6. The molecule has 3 heterocycles. The van der Waals surface area contributed by atoms with Gasteiger partial charge in [-0.15, -0.1) is 11.3 Å². The van der Waals surface area contributed by atoms with Crippen LogP contribution >= 0.6 is 11.3 Å². The van der Waals surface area contributed by atoms with E-state index in [-0.39, 0.29) is 23.7 Å². The van der Waals surface area contributed by atoms with Crippen LogP contribution < -0.4 is 5.32 Å². The maximum absolute atomic E-state index is 13.1. The topological polar surface area (TPSA) is 54.3 Å². The monoisotopic (exact) mass is 423 g/mol. The van der Waals surface area contributed by atoms with Gasteiger partial charge in [-0.2, -0.15) is 0 Å². The molecule has 6 heteroatoms. The Hall–Kier alpha value is -2.60. The molecular formula is C24H29N3O2S. The molecule has 158 valence electrons. The first-order chi connectivity index (χ1) is 14.6. The van der Waals surface area contributed by atoms with Gasteiger partial charge in [0.05, 0.1) is 10.2 Å². The van der Waals surface area contributed by atoms with Gasteiger partial charge in [0, 0.05) is 32.1 Å². The van der Waals surface area contributed by atoms with E-state index >= 15 is 0 Å². The van der Waals surface area contributed by atoms with E-state index in [9.17, 15) is 9.59 Å². The molecule has 2 amide bonds. The number of carbonyl (C=O) groups is 2. The van der Waals surface area contributed by atoms with Crippen LogP contribution in [0.5, 0.6) is 0 Å². The minimum atomic E-state index is -0.0153. The molecule has 1 N–H and O–H groups in total. The highest BCUT2D eigenvalue weighted by Crippen LogP contribution is 2.27. The summed E-state index contributed by atoms with van der Waals surface area (Å²) in [5.41, 5.74) is 3.13. The lowest BCUT2D eigenvalue weighted by Crippen LogP contribution is -2.44. The first-order valence-corrected chi connectivity index (χ1v) is 11.6. The van der Waals surface area contributed by atoms with Gasteiger partial charge >= 0.3 is 0 Å². The van der Waals surface area contributed by atoms with Crippen LogP contribution in [0, 0.1) is 5.92 Å². The van der Waals surface area contributed by atoms with Gasteiger partial charge in [-0.3, -0.25) is 9.59 Å². The normalized spacial score (nSPS) is 16.0. The minimum Gasteiger partial charge on any atom is -0.355 e. The highest BCUT2D eigenvalue weighted by atomic mass is 32.1. The molecule has 0 aliphatic carbocycles. The lowest BCUT2D eigenvalue weighted by molar-refractivity contribution is -0.126. The molecule has 2 aromatic heterocycles. The molecule has 4 rings (SSSR count). The zero-order chi connectivity index (χ0) is 21.1. The van der Waals surface area contributed by atoms with E-state index in [0.717, 1.165) is 35.3 Å². The molecule has 5 nitrogen and oxygen atoms in total. The van der Waals surface area contributed by atoms with Crippen LogP contribution in [-0.4, -0.2) is 40.9 Å². The first kappa shape index (κ1) is 20.7. The van der Waals surface area contributed by atoms with Gasteiger partial charge in [-0.05, 0) is 48.8 Å². The van der Waals surface area contributed by atoms with Crippen LogP contribution in [0.3, 0.4) is 0 Å². The summed E-state index contributed by atoms with van der Waals surface area (Å²) in [7, 11) is 0. The number of hydrogen-bond donors (Lipinski definition) is 1. The fraction of sp³-hybridized carbons (Fsp3) is 0.417. The van der Waals surface area contributed by atoms with Gasteiger partial charge in [-0.1, -0.05) is 37.3 Å². The average Bonchev–Trinajstić information content (AvgIpc) is 3.38. The van der Waals surface area contributed by atoms with E-state index in [1.807, 2.05) is 29.2 Å². The maximum atomic E-state index is 13.1. The molecule has 1 aliphatic heterocycles. The van der Waals surface area contributed by atoms with Crippen molar-refractivity contribution >= 4 is 33.4 Å². The average molecular weight is 424 g/mol. The van der Waals surface area contributed by atoms with Crippen molar-refractivity contribution < 1.29 is 9.59 Å². The molecule has 1 aromatic carbocycles. The van der Waals surface area contributed by atoms with Crippen molar-refractivity contribution in [3.8, 4) is 0 Å². The number of aryl methyl sites for hydroxylation is 1. The summed E-state index contributed by atoms with van der Waals surface area (Å²) in [5.74, 6) is 0.463. The largest absolute Gasteiger partial charge is 0.355 e. The Morgan fingerprint density at radius 2 is 1.90 bits per heavy atom. The lowest BCUT2D eigenvalue weighted by Gasteiger charge is -2.31. The van der Waals surface area contributed by atoms with Gasteiger partial charge in [0.2, 0.25) is 5.91 Å². The highest BCUT2D eigenvalue weighted by molar-refractivity contribution is 7.17. The predicted molar refractivity (Wildman–Crippen MR) is 122 cm³/mol. The second kappa shape index (κ2) is 9.04. The summed E-state index contributed by atoms with van der Waals surface area (Å²) >= 11 is 1.67. The van der Waals surface area contributed by atoms with Gasteiger partial charge < -0.3 is 14.8 Å². The van der Waals surface area contributed by atoms with E-state index in [1.165, 1.54) is 5.56 Å². The molecule has 1 fully saturated rings. The fourth-order valence-corrected chi connectivity index (χ4v) is 5.12.